The number of unbranched alkanes of at least 4 members (excludes halogenated alkanes) is 1. The van der Waals surface area contributed by atoms with Gasteiger partial charge in [0.1, 0.15) is 0 Å². The quantitative estimate of drug-likeness (QED) is 0.605. The molecule has 5 nitrogen and oxygen atoms in total. The number of amides is 1. The topological polar surface area (TPSA) is 66.5 Å². The molecular formula is C23H30N2O3S. The Balaban J connectivity index is 1.35. The molecule has 0 saturated carbocycles. The maximum Gasteiger partial charge on any atom is 0.243 e. The van der Waals surface area contributed by atoms with Crippen LogP contribution < -0.4 is 5.32 Å². The summed E-state index contributed by atoms with van der Waals surface area (Å²) < 4.78 is 26.6. The molecular weight excluding hydrogens is 384 g/mol. The van der Waals surface area contributed by atoms with E-state index in [9.17, 15) is 13.2 Å². The van der Waals surface area contributed by atoms with Crippen LogP contribution in [-0.4, -0.2) is 38.3 Å². The fourth-order valence-electron chi connectivity index (χ4n) is 3.58. The lowest BCUT2D eigenvalue weighted by Crippen LogP contribution is -2.27. The van der Waals surface area contributed by atoms with Gasteiger partial charge in [0.2, 0.25) is 15.9 Å². The fraction of sp³-hybridized carbons (Fsp3) is 0.435. The molecule has 156 valence electrons. The van der Waals surface area contributed by atoms with Gasteiger partial charge >= 0.3 is 0 Å². The predicted molar refractivity (Wildman–Crippen MR) is 115 cm³/mol. The molecule has 1 heterocycles. The summed E-state index contributed by atoms with van der Waals surface area (Å²) in [7, 11) is -3.37. The van der Waals surface area contributed by atoms with Crippen LogP contribution in [0.2, 0.25) is 0 Å². The average Bonchev–Trinajstić information content (AvgIpc) is 3.29. The number of aryl methyl sites for hydroxylation is 2. The number of carbonyl (C=O) groups is 1. The van der Waals surface area contributed by atoms with Crippen molar-refractivity contribution < 1.29 is 13.2 Å². The monoisotopic (exact) mass is 414 g/mol. The van der Waals surface area contributed by atoms with Crippen LogP contribution in [0.5, 0.6) is 0 Å². The van der Waals surface area contributed by atoms with Gasteiger partial charge in [-0.25, -0.2) is 8.42 Å². The van der Waals surface area contributed by atoms with E-state index in [0.717, 1.165) is 37.7 Å². The maximum atomic E-state index is 12.5. The van der Waals surface area contributed by atoms with E-state index >= 15 is 0 Å². The first-order valence-electron chi connectivity index (χ1n) is 10.5. The van der Waals surface area contributed by atoms with Crippen molar-refractivity contribution in [2.24, 2.45) is 0 Å². The van der Waals surface area contributed by atoms with E-state index in [1.165, 1.54) is 5.56 Å². The summed E-state index contributed by atoms with van der Waals surface area (Å²) in [5.74, 6) is 0.0403. The number of sulfonamides is 1. The van der Waals surface area contributed by atoms with Gasteiger partial charge in [-0.05, 0) is 61.8 Å². The Bertz CT molecular complexity index is 874. The summed E-state index contributed by atoms with van der Waals surface area (Å²) >= 11 is 0. The highest BCUT2D eigenvalue weighted by Gasteiger charge is 2.26. The lowest BCUT2D eigenvalue weighted by Gasteiger charge is -2.15. The third-order valence-corrected chi connectivity index (χ3v) is 7.24. The second-order valence-electron chi connectivity index (χ2n) is 7.55. The molecule has 1 saturated heterocycles. The van der Waals surface area contributed by atoms with Gasteiger partial charge in [-0.1, -0.05) is 42.5 Å². The molecule has 0 aliphatic carbocycles. The number of benzene rings is 2. The van der Waals surface area contributed by atoms with Crippen LogP contribution in [0.1, 0.15) is 43.2 Å². The number of hydrogen-bond acceptors (Lipinski definition) is 3. The van der Waals surface area contributed by atoms with Crippen LogP contribution in [0, 0.1) is 0 Å². The number of hydrogen-bond donors (Lipinski definition) is 1. The van der Waals surface area contributed by atoms with Gasteiger partial charge in [0.25, 0.3) is 0 Å². The van der Waals surface area contributed by atoms with Gasteiger partial charge < -0.3 is 5.32 Å². The Morgan fingerprint density at radius 2 is 1.52 bits per heavy atom. The molecule has 1 fully saturated rings. The summed E-state index contributed by atoms with van der Waals surface area (Å²) in [5.41, 5.74) is 2.30. The lowest BCUT2D eigenvalue weighted by atomic mass is 10.1. The molecule has 0 atom stereocenters. The second-order valence-corrected chi connectivity index (χ2v) is 9.49. The van der Waals surface area contributed by atoms with E-state index in [0.29, 0.717) is 37.4 Å². The molecule has 0 spiro atoms. The van der Waals surface area contributed by atoms with Gasteiger partial charge in [-0.3, -0.25) is 4.79 Å². The molecule has 29 heavy (non-hydrogen) atoms. The molecule has 0 unspecified atom stereocenters. The van der Waals surface area contributed by atoms with Crippen molar-refractivity contribution in [2.75, 3.05) is 19.6 Å². The summed E-state index contributed by atoms with van der Waals surface area (Å²) in [5, 5.41) is 2.97. The Kier molecular flexibility index (Phi) is 7.83. The lowest BCUT2D eigenvalue weighted by molar-refractivity contribution is -0.121. The summed E-state index contributed by atoms with van der Waals surface area (Å²) in [4.78, 5) is 12.4. The first-order valence-corrected chi connectivity index (χ1v) is 11.9. The van der Waals surface area contributed by atoms with E-state index in [1.807, 2.05) is 30.3 Å². The smallest absolute Gasteiger partial charge is 0.243 e. The van der Waals surface area contributed by atoms with E-state index < -0.39 is 10.0 Å². The summed E-state index contributed by atoms with van der Waals surface area (Å²) in [6, 6.07) is 17.3. The maximum absolute atomic E-state index is 12.5. The van der Waals surface area contributed by atoms with Crippen molar-refractivity contribution in [3.63, 3.8) is 0 Å². The number of rotatable bonds is 10. The van der Waals surface area contributed by atoms with Gasteiger partial charge in [0.15, 0.2) is 0 Å². The molecule has 0 radical (unpaired) electrons. The third kappa shape index (κ3) is 6.41. The van der Waals surface area contributed by atoms with Gasteiger partial charge in [-0.15, -0.1) is 0 Å². The first kappa shape index (κ1) is 21.5. The SMILES string of the molecule is O=C(CCc1ccc(S(=O)(=O)N2CCCC2)cc1)NCCCCc1ccccc1. The van der Waals surface area contributed by atoms with Gasteiger partial charge in [-0.2, -0.15) is 4.31 Å². The van der Waals surface area contributed by atoms with Gasteiger partial charge in [0.05, 0.1) is 4.90 Å². The van der Waals surface area contributed by atoms with Gasteiger partial charge in [0, 0.05) is 26.1 Å². The highest BCUT2D eigenvalue weighted by Crippen LogP contribution is 2.21. The van der Waals surface area contributed by atoms with E-state index in [1.54, 1.807) is 16.4 Å². The molecule has 1 aliphatic heterocycles. The molecule has 2 aromatic rings. The molecule has 1 aliphatic rings. The number of nitrogens with one attached hydrogen (secondary N) is 1. The first-order chi connectivity index (χ1) is 14.1. The molecule has 0 aromatic heterocycles. The zero-order valence-electron chi connectivity index (χ0n) is 16.8. The summed E-state index contributed by atoms with van der Waals surface area (Å²) in [6.45, 7) is 1.91. The molecule has 1 N–H and O–H groups in total. The van der Waals surface area contributed by atoms with Crippen LogP contribution in [0.15, 0.2) is 59.5 Å². The molecule has 1 amide bonds. The van der Waals surface area contributed by atoms with Crippen molar-refractivity contribution in [3.05, 3.63) is 65.7 Å². The zero-order valence-corrected chi connectivity index (χ0v) is 17.7. The minimum atomic E-state index is -3.37. The molecule has 3 rings (SSSR count). The highest BCUT2D eigenvalue weighted by atomic mass is 32.2. The predicted octanol–water partition coefficient (Wildman–Crippen LogP) is 3.54. The zero-order chi connectivity index (χ0) is 20.5. The average molecular weight is 415 g/mol. The van der Waals surface area contributed by atoms with E-state index in [-0.39, 0.29) is 5.91 Å². The van der Waals surface area contributed by atoms with Crippen molar-refractivity contribution >= 4 is 15.9 Å². The van der Waals surface area contributed by atoms with Crippen molar-refractivity contribution in [2.45, 2.75) is 49.8 Å². The van der Waals surface area contributed by atoms with Crippen molar-refractivity contribution in [3.8, 4) is 0 Å². The van der Waals surface area contributed by atoms with E-state index in [4.69, 9.17) is 0 Å². The van der Waals surface area contributed by atoms with Crippen LogP contribution >= 0.6 is 0 Å². The standard InChI is InChI=1S/C23H30N2O3S/c26-23(24-17-5-4-10-20-8-2-1-3-9-20)16-13-21-11-14-22(15-12-21)29(27,28)25-18-6-7-19-25/h1-3,8-9,11-12,14-15H,4-7,10,13,16-19H2,(H,24,26). The minimum Gasteiger partial charge on any atom is -0.356 e. The Hall–Kier alpha value is -2.18. The Morgan fingerprint density at radius 3 is 2.21 bits per heavy atom. The minimum absolute atomic E-state index is 0.0403. The van der Waals surface area contributed by atoms with Crippen molar-refractivity contribution in [1.82, 2.24) is 9.62 Å². The fourth-order valence-corrected chi connectivity index (χ4v) is 5.10. The number of carbonyl (C=O) groups excluding carboxylic acids is 1. The van der Waals surface area contributed by atoms with Crippen LogP contribution in [0.4, 0.5) is 0 Å². The molecule has 0 bridgehead atoms. The van der Waals surface area contributed by atoms with Crippen LogP contribution in [-0.2, 0) is 27.7 Å². The van der Waals surface area contributed by atoms with Crippen LogP contribution in [0.3, 0.4) is 0 Å². The third-order valence-electron chi connectivity index (χ3n) is 5.32. The largest absolute Gasteiger partial charge is 0.356 e. The van der Waals surface area contributed by atoms with Crippen molar-refractivity contribution in [1.29, 1.82) is 0 Å². The normalized spacial score (nSPS) is 14.8. The number of nitrogens with zero attached hydrogens (tertiary/aromatic N) is 1. The molecule has 6 heteroatoms. The van der Waals surface area contributed by atoms with E-state index in [2.05, 4.69) is 17.4 Å². The van der Waals surface area contributed by atoms with Crippen LogP contribution in [0.25, 0.3) is 0 Å². The summed E-state index contributed by atoms with van der Waals surface area (Å²) in [6.07, 6.45) is 5.93. The Labute approximate surface area is 174 Å². The molecule has 2 aromatic carbocycles. The highest BCUT2D eigenvalue weighted by molar-refractivity contribution is 7.89. The Morgan fingerprint density at radius 1 is 0.862 bits per heavy atom. The second kappa shape index (κ2) is 10.6.